The number of carbonyl (C=O) groups excluding carboxylic acids is 2. The molecule has 0 aliphatic carbocycles. The third kappa shape index (κ3) is 4.44. The Hall–Kier alpha value is -4.20. The molecule has 0 bridgehead atoms. The molecule has 4 rings (SSSR count). The molecule has 0 saturated carbocycles. The van der Waals surface area contributed by atoms with E-state index in [1.165, 1.54) is 17.3 Å². The first kappa shape index (κ1) is 21.0. The van der Waals surface area contributed by atoms with Crippen LogP contribution >= 0.6 is 0 Å². The molecule has 2 heterocycles. The van der Waals surface area contributed by atoms with Gasteiger partial charge in [-0.2, -0.15) is 5.10 Å². The molecule has 8 nitrogen and oxygen atoms in total. The lowest BCUT2D eigenvalue weighted by atomic mass is 10.0. The van der Waals surface area contributed by atoms with Crippen molar-refractivity contribution in [3.63, 3.8) is 0 Å². The number of aromatic amines is 1. The molecule has 2 amide bonds. The lowest BCUT2D eigenvalue weighted by Crippen LogP contribution is -2.39. The Labute approximate surface area is 185 Å². The number of amides is 2. The number of aryl methyl sites for hydroxylation is 2. The SMILES string of the molecule is Cc1ccc(CN(Cc2ccccc2)C(=O)C(=O)Nc2cnc(N)c3cn[nH]c23)c(C)c1. The van der Waals surface area contributed by atoms with Crippen LogP contribution in [0.1, 0.15) is 22.3 Å². The number of hydrogen-bond acceptors (Lipinski definition) is 5. The first-order valence-electron chi connectivity index (χ1n) is 10.2. The summed E-state index contributed by atoms with van der Waals surface area (Å²) in [6.45, 7) is 4.64. The highest BCUT2D eigenvalue weighted by atomic mass is 16.2. The second-order valence-corrected chi connectivity index (χ2v) is 7.75. The van der Waals surface area contributed by atoms with Crippen molar-refractivity contribution < 1.29 is 9.59 Å². The van der Waals surface area contributed by atoms with Crippen molar-refractivity contribution in [2.75, 3.05) is 11.1 Å². The Kier molecular flexibility index (Phi) is 5.85. The van der Waals surface area contributed by atoms with Gasteiger partial charge in [0.1, 0.15) is 5.82 Å². The number of anilines is 2. The van der Waals surface area contributed by atoms with Crippen LogP contribution in [0, 0.1) is 13.8 Å². The number of carbonyl (C=O) groups is 2. The van der Waals surface area contributed by atoms with Crippen LogP contribution in [0.5, 0.6) is 0 Å². The van der Waals surface area contributed by atoms with E-state index in [1.54, 1.807) is 0 Å². The fraction of sp³-hybridized carbons (Fsp3) is 0.167. The second kappa shape index (κ2) is 8.89. The van der Waals surface area contributed by atoms with Gasteiger partial charge in [-0.1, -0.05) is 54.1 Å². The smallest absolute Gasteiger partial charge is 0.314 e. The van der Waals surface area contributed by atoms with E-state index >= 15 is 0 Å². The van der Waals surface area contributed by atoms with Crippen molar-refractivity contribution in [1.29, 1.82) is 0 Å². The number of nitrogens with zero attached hydrogens (tertiary/aromatic N) is 3. The third-order valence-electron chi connectivity index (χ3n) is 5.32. The minimum absolute atomic E-state index is 0.290. The number of benzene rings is 2. The number of fused-ring (bicyclic) bond motifs is 1. The fourth-order valence-electron chi connectivity index (χ4n) is 3.60. The Morgan fingerprint density at radius 2 is 1.84 bits per heavy atom. The monoisotopic (exact) mass is 428 g/mol. The first-order chi connectivity index (χ1) is 15.4. The molecule has 4 aromatic rings. The molecule has 162 valence electrons. The number of aromatic nitrogens is 3. The Morgan fingerprint density at radius 1 is 1.06 bits per heavy atom. The number of rotatable bonds is 5. The number of pyridine rings is 1. The van der Waals surface area contributed by atoms with Crippen LogP contribution in [0.25, 0.3) is 10.9 Å². The Morgan fingerprint density at radius 3 is 2.59 bits per heavy atom. The molecule has 0 aliphatic heterocycles. The molecular weight excluding hydrogens is 404 g/mol. The quantitative estimate of drug-likeness (QED) is 0.422. The normalized spacial score (nSPS) is 10.8. The van der Waals surface area contributed by atoms with E-state index in [0.29, 0.717) is 35.5 Å². The predicted molar refractivity (Wildman–Crippen MR) is 124 cm³/mol. The van der Waals surface area contributed by atoms with Crippen LogP contribution in [0.4, 0.5) is 11.5 Å². The molecule has 0 saturated heterocycles. The van der Waals surface area contributed by atoms with Crippen LogP contribution in [-0.4, -0.2) is 31.9 Å². The molecule has 0 spiro atoms. The largest absolute Gasteiger partial charge is 0.383 e. The molecule has 0 fully saturated rings. The van der Waals surface area contributed by atoms with E-state index in [9.17, 15) is 9.59 Å². The van der Waals surface area contributed by atoms with Crippen molar-refractivity contribution in [1.82, 2.24) is 20.1 Å². The lowest BCUT2D eigenvalue weighted by Gasteiger charge is -2.23. The molecule has 0 radical (unpaired) electrons. The minimum Gasteiger partial charge on any atom is -0.383 e. The maximum absolute atomic E-state index is 13.2. The van der Waals surface area contributed by atoms with Crippen LogP contribution < -0.4 is 11.1 Å². The summed E-state index contributed by atoms with van der Waals surface area (Å²) in [4.78, 5) is 31.8. The zero-order valence-corrected chi connectivity index (χ0v) is 17.9. The summed E-state index contributed by atoms with van der Waals surface area (Å²) in [6.07, 6.45) is 2.93. The number of H-pyrrole nitrogens is 1. The summed E-state index contributed by atoms with van der Waals surface area (Å²) in [5.41, 5.74) is 10.8. The predicted octanol–water partition coefficient (Wildman–Crippen LogP) is 3.32. The van der Waals surface area contributed by atoms with E-state index in [4.69, 9.17) is 5.73 Å². The van der Waals surface area contributed by atoms with Crippen molar-refractivity contribution in [3.05, 3.63) is 83.2 Å². The van der Waals surface area contributed by atoms with E-state index in [1.807, 2.05) is 56.3 Å². The number of hydrogen-bond donors (Lipinski definition) is 3. The van der Waals surface area contributed by atoms with E-state index < -0.39 is 11.8 Å². The van der Waals surface area contributed by atoms with Crippen molar-refractivity contribution in [2.24, 2.45) is 0 Å². The van der Waals surface area contributed by atoms with E-state index in [-0.39, 0.29) is 0 Å². The van der Waals surface area contributed by atoms with Gasteiger partial charge in [-0.25, -0.2) is 4.98 Å². The summed E-state index contributed by atoms with van der Waals surface area (Å²) < 4.78 is 0. The molecular formula is C24H24N6O2. The van der Waals surface area contributed by atoms with Gasteiger partial charge in [0.15, 0.2) is 0 Å². The van der Waals surface area contributed by atoms with Gasteiger partial charge >= 0.3 is 11.8 Å². The Balaban J connectivity index is 1.60. The van der Waals surface area contributed by atoms with Gasteiger partial charge in [-0.05, 0) is 30.5 Å². The molecule has 0 atom stereocenters. The lowest BCUT2D eigenvalue weighted by molar-refractivity contribution is -0.144. The van der Waals surface area contributed by atoms with Gasteiger partial charge in [-0.3, -0.25) is 14.7 Å². The molecule has 2 aromatic carbocycles. The van der Waals surface area contributed by atoms with Crippen molar-refractivity contribution in [3.8, 4) is 0 Å². The van der Waals surface area contributed by atoms with E-state index in [0.717, 1.165) is 22.3 Å². The Bertz CT molecular complexity index is 1280. The van der Waals surface area contributed by atoms with Gasteiger partial charge < -0.3 is 16.0 Å². The van der Waals surface area contributed by atoms with Crippen LogP contribution in [-0.2, 0) is 22.7 Å². The zero-order chi connectivity index (χ0) is 22.7. The summed E-state index contributed by atoms with van der Waals surface area (Å²) in [7, 11) is 0. The minimum atomic E-state index is -0.756. The molecule has 0 unspecified atom stereocenters. The fourth-order valence-corrected chi connectivity index (χ4v) is 3.60. The third-order valence-corrected chi connectivity index (χ3v) is 5.32. The average Bonchev–Trinajstić information content (AvgIpc) is 3.28. The maximum atomic E-state index is 13.2. The topological polar surface area (TPSA) is 117 Å². The molecule has 4 N–H and O–H groups in total. The molecule has 8 heteroatoms. The summed E-state index contributed by atoms with van der Waals surface area (Å²) in [6, 6.07) is 15.6. The van der Waals surface area contributed by atoms with Crippen molar-refractivity contribution >= 4 is 34.2 Å². The molecule has 0 aliphatic rings. The van der Waals surface area contributed by atoms with Crippen LogP contribution in [0.2, 0.25) is 0 Å². The second-order valence-electron chi connectivity index (χ2n) is 7.75. The zero-order valence-electron chi connectivity index (χ0n) is 17.9. The van der Waals surface area contributed by atoms with Crippen molar-refractivity contribution in [2.45, 2.75) is 26.9 Å². The average molecular weight is 428 g/mol. The number of nitrogen functional groups attached to an aromatic ring is 1. The summed E-state index contributed by atoms with van der Waals surface area (Å²) in [5, 5.41) is 9.96. The van der Waals surface area contributed by atoms with E-state index in [2.05, 4.69) is 26.6 Å². The molecule has 32 heavy (non-hydrogen) atoms. The van der Waals surface area contributed by atoms with Gasteiger partial charge in [0.25, 0.3) is 0 Å². The standard InChI is InChI=1S/C24H24N6O2/c1-15-8-9-18(16(2)10-15)14-30(13-17-6-4-3-5-7-17)24(32)23(31)28-20-12-26-22(25)19-11-27-29-21(19)20/h3-12H,13-14H2,1-2H3,(H2,25,26)(H,27,29)(H,28,31). The summed E-state index contributed by atoms with van der Waals surface area (Å²) >= 11 is 0. The van der Waals surface area contributed by atoms with Crippen LogP contribution in [0.15, 0.2) is 60.9 Å². The highest BCUT2D eigenvalue weighted by Gasteiger charge is 2.24. The molecule has 2 aromatic heterocycles. The number of nitrogens with two attached hydrogens (primary N) is 1. The van der Waals surface area contributed by atoms with Gasteiger partial charge in [0, 0.05) is 13.1 Å². The first-order valence-corrected chi connectivity index (χ1v) is 10.2. The highest BCUT2D eigenvalue weighted by molar-refractivity contribution is 6.40. The van der Waals surface area contributed by atoms with Gasteiger partial charge in [0.05, 0.1) is 29.0 Å². The highest BCUT2D eigenvalue weighted by Crippen LogP contribution is 2.24. The van der Waals surface area contributed by atoms with Crippen LogP contribution in [0.3, 0.4) is 0 Å². The van der Waals surface area contributed by atoms with Gasteiger partial charge in [0.2, 0.25) is 0 Å². The maximum Gasteiger partial charge on any atom is 0.314 e. The number of nitrogens with one attached hydrogen (secondary N) is 2. The summed E-state index contributed by atoms with van der Waals surface area (Å²) in [5.74, 6) is -1.11. The van der Waals surface area contributed by atoms with Gasteiger partial charge in [-0.15, -0.1) is 0 Å².